The van der Waals surface area contributed by atoms with Crippen molar-refractivity contribution in [2.45, 2.75) is 5.92 Å². The van der Waals surface area contributed by atoms with Crippen LogP contribution in [0.4, 0.5) is 4.79 Å². The third-order valence-electron chi connectivity index (χ3n) is 5.14. The van der Waals surface area contributed by atoms with Crippen LogP contribution in [0.2, 0.25) is 0 Å². The molecule has 1 aliphatic rings. The highest BCUT2D eigenvalue weighted by molar-refractivity contribution is 5.80. The van der Waals surface area contributed by atoms with Crippen molar-refractivity contribution in [3.63, 3.8) is 0 Å². The van der Waals surface area contributed by atoms with Gasteiger partial charge < -0.3 is 15.3 Å². The Balaban J connectivity index is 1.32. The number of nitrogens with one attached hydrogen (secondary N) is 1. The van der Waals surface area contributed by atoms with Gasteiger partial charge in [0, 0.05) is 12.5 Å². The number of fused-ring (bicyclic) bond motifs is 3. The lowest BCUT2D eigenvalue weighted by atomic mass is 9.98. The van der Waals surface area contributed by atoms with Gasteiger partial charge in [-0.1, -0.05) is 84.0 Å². The summed E-state index contributed by atoms with van der Waals surface area (Å²) in [4.78, 5) is 12.2. The molecule has 30 heavy (non-hydrogen) atoms. The maximum atomic E-state index is 12.2. The van der Waals surface area contributed by atoms with Crippen LogP contribution in [0.25, 0.3) is 17.2 Å². The SMILES string of the molecule is O=C(NCC=Cc1cccc(C=NO)c1)OCC1c2ccccc2-c2ccccc21. The van der Waals surface area contributed by atoms with Gasteiger partial charge >= 0.3 is 6.09 Å². The molecular formula is C25H22N2O3. The van der Waals surface area contributed by atoms with Crippen molar-refractivity contribution in [2.24, 2.45) is 5.16 Å². The molecule has 0 heterocycles. The standard InChI is InChI=1S/C25H22N2O3/c28-25(26-14-6-9-18-7-5-8-19(15-18)16-27-29)30-17-24-22-12-3-1-10-20(22)21-11-2-4-13-23(21)24/h1-13,15-16,24,29H,14,17H2,(H,26,28). The molecule has 3 aromatic rings. The van der Waals surface area contributed by atoms with Crippen LogP contribution in [0.3, 0.4) is 0 Å². The molecule has 0 radical (unpaired) electrons. The van der Waals surface area contributed by atoms with Gasteiger partial charge in [-0.3, -0.25) is 0 Å². The Labute approximate surface area is 175 Å². The number of alkyl carbamates (subject to hydrolysis) is 1. The Bertz CT molecular complexity index is 1060. The second-order valence-electron chi connectivity index (χ2n) is 7.02. The van der Waals surface area contributed by atoms with E-state index in [2.05, 4.69) is 34.7 Å². The van der Waals surface area contributed by atoms with E-state index >= 15 is 0 Å². The number of nitrogens with zero attached hydrogens (tertiary/aromatic N) is 1. The van der Waals surface area contributed by atoms with Crippen LogP contribution in [0.1, 0.15) is 28.2 Å². The molecule has 0 unspecified atom stereocenters. The molecule has 2 N–H and O–H groups in total. The molecule has 5 nitrogen and oxygen atoms in total. The molecule has 0 fully saturated rings. The monoisotopic (exact) mass is 398 g/mol. The molecule has 0 aliphatic heterocycles. The van der Waals surface area contributed by atoms with Crippen molar-refractivity contribution >= 4 is 18.4 Å². The molecule has 0 saturated heterocycles. The molecule has 1 aliphatic carbocycles. The van der Waals surface area contributed by atoms with E-state index in [4.69, 9.17) is 9.94 Å². The van der Waals surface area contributed by atoms with Crippen LogP contribution >= 0.6 is 0 Å². The van der Waals surface area contributed by atoms with Gasteiger partial charge in [0.15, 0.2) is 0 Å². The lowest BCUT2D eigenvalue weighted by Crippen LogP contribution is -2.26. The van der Waals surface area contributed by atoms with Crippen molar-refractivity contribution < 1.29 is 14.7 Å². The fraction of sp³-hybridized carbons (Fsp3) is 0.120. The van der Waals surface area contributed by atoms with Crippen LogP contribution in [0, 0.1) is 0 Å². The first-order valence-corrected chi connectivity index (χ1v) is 9.79. The average Bonchev–Trinajstić information content (AvgIpc) is 3.10. The molecule has 0 spiro atoms. The summed E-state index contributed by atoms with van der Waals surface area (Å²) in [5, 5.41) is 14.4. The van der Waals surface area contributed by atoms with Crippen molar-refractivity contribution in [3.8, 4) is 11.1 Å². The van der Waals surface area contributed by atoms with Crippen molar-refractivity contribution in [3.05, 3.63) is 101 Å². The van der Waals surface area contributed by atoms with Gasteiger partial charge in [0.05, 0.1) is 6.21 Å². The lowest BCUT2D eigenvalue weighted by molar-refractivity contribution is 0.144. The van der Waals surface area contributed by atoms with E-state index in [0.717, 1.165) is 11.1 Å². The molecule has 0 atom stereocenters. The average molecular weight is 398 g/mol. The van der Waals surface area contributed by atoms with Crippen LogP contribution in [0.15, 0.2) is 84.0 Å². The molecule has 0 aromatic heterocycles. The summed E-state index contributed by atoms with van der Waals surface area (Å²) in [5.74, 6) is 0.0506. The molecule has 4 rings (SSSR count). The Hall–Kier alpha value is -3.86. The Kier molecular flexibility index (Phi) is 5.90. The fourth-order valence-corrected chi connectivity index (χ4v) is 3.80. The van der Waals surface area contributed by atoms with Crippen LogP contribution in [0.5, 0.6) is 0 Å². The van der Waals surface area contributed by atoms with E-state index < -0.39 is 6.09 Å². The zero-order valence-corrected chi connectivity index (χ0v) is 16.4. The number of carbonyl (C=O) groups excluding carboxylic acids is 1. The van der Waals surface area contributed by atoms with E-state index in [1.54, 1.807) is 0 Å². The quantitative estimate of drug-likeness (QED) is 0.347. The second-order valence-corrected chi connectivity index (χ2v) is 7.02. The number of carbonyl (C=O) groups is 1. The number of hydrogen-bond donors (Lipinski definition) is 2. The number of oxime groups is 1. The Morgan fingerprint density at radius 3 is 2.33 bits per heavy atom. The van der Waals surface area contributed by atoms with Gasteiger partial charge in [0.2, 0.25) is 0 Å². The van der Waals surface area contributed by atoms with Gasteiger partial charge in [-0.05, 0) is 39.4 Å². The fourth-order valence-electron chi connectivity index (χ4n) is 3.80. The van der Waals surface area contributed by atoms with Gasteiger partial charge in [-0.25, -0.2) is 4.79 Å². The number of hydrogen-bond acceptors (Lipinski definition) is 4. The van der Waals surface area contributed by atoms with Gasteiger partial charge in [-0.15, -0.1) is 0 Å². The maximum Gasteiger partial charge on any atom is 0.407 e. The van der Waals surface area contributed by atoms with E-state index in [0.29, 0.717) is 13.2 Å². The summed E-state index contributed by atoms with van der Waals surface area (Å²) < 4.78 is 5.51. The topological polar surface area (TPSA) is 70.9 Å². The molecule has 3 aromatic carbocycles. The minimum absolute atomic E-state index is 0.0506. The van der Waals surface area contributed by atoms with Gasteiger partial charge in [0.1, 0.15) is 6.61 Å². The first kappa shape index (κ1) is 19.5. The van der Waals surface area contributed by atoms with Crippen molar-refractivity contribution in [1.82, 2.24) is 5.32 Å². The first-order valence-electron chi connectivity index (χ1n) is 9.79. The Morgan fingerprint density at radius 2 is 1.63 bits per heavy atom. The number of amides is 1. The molecule has 5 heteroatoms. The van der Waals surface area contributed by atoms with Crippen molar-refractivity contribution in [2.75, 3.05) is 13.2 Å². The van der Waals surface area contributed by atoms with Crippen LogP contribution < -0.4 is 5.32 Å². The third kappa shape index (κ3) is 4.25. The van der Waals surface area contributed by atoms with E-state index in [9.17, 15) is 4.79 Å². The minimum atomic E-state index is -0.442. The van der Waals surface area contributed by atoms with Gasteiger partial charge in [0.25, 0.3) is 0 Å². The normalized spacial score (nSPS) is 12.8. The summed E-state index contributed by atoms with van der Waals surface area (Å²) in [5.41, 5.74) is 6.54. The summed E-state index contributed by atoms with van der Waals surface area (Å²) in [6.45, 7) is 0.654. The highest BCUT2D eigenvalue weighted by Crippen LogP contribution is 2.44. The van der Waals surface area contributed by atoms with E-state index in [1.807, 2.05) is 60.7 Å². The molecular weight excluding hydrogens is 376 g/mol. The predicted octanol–water partition coefficient (Wildman–Crippen LogP) is 5.05. The summed E-state index contributed by atoms with van der Waals surface area (Å²) in [6, 6.07) is 24.0. The zero-order valence-electron chi connectivity index (χ0n) is 16.4. The highest BCUT2D eigenvalue weighted by Gasteiger charge is 2.28. The minimum Gasteiger partial charge on any atom is -0.449 e. The highest BCUT2D eigenvalue weighted by atomic mass is 16.5. The van der Waals surface area contributed by atoms with E-state index in [-0.39, 0.29) is 5.92 Å². The van der Waals surface area contributed by atoms with Gasteiger partial charge in [-0.2, -0.15) is 0 Å². The largest absolute Gasteiger partial charge is 0.449 e. The second kappa shape index (κ2) is 9.09. The zero-order chi connectivity index (χ0) is 20.8. The molecule has 150 valence electrons. The first-order chi connectivity index (χ1) is 14.8. The number of ether oxygens (including phenoxy) is 1. The summed E-state index contributed by atoms with van der Waals surface area (Å²) in [7, 11) is 0. The predicted molar refractivity (Wildman–Crippen MR) is 118 cm³/mol. The lowest BCUT2D eigenvalue weighted by Gasteiger charge is -2.14. The smallest absolute Gasteiger partial charge is 0.407 e. The summed E-state index contributed by atoms with van der Waals surface area (Å²) >= 11 is 0. The molecule has 1 amide bonds. The maximum absolute atomic E-state index is 12.2. The third-order valence-corrected chi connectivity index (χ3v) is 5.14. The van der Waals surface area contributed by atoms with E-state index in [1.165, 1.54) is 28.5 Å². The number of rotatable bonds is 6. The molecule has 0 bridgehead atoms. The van der Waals surface area contributed by atoms with Crippen molar-refractivity contribution in [1.29, 1.82) is 0 Å². The van der Waals surface area contributed by atoms with Crippen LogP contribution in [-0.4, -0.2) is 30.7 Å². The summed E-state index contributed by atoms with van der Waals surface area (Å²) in [6.07, 6.45) is 4.66. The number of benzene rings is 3. The van der Waals surface area contributed by atoms with Crippen LogP contribution in [-0.2, 0) is 4.74 Å². The molecule has 0 saturated carbocycles. The Morgan fingerprint density at radius 1 is 0.967 bits per heavy atom.